The fourth-order valence-electron chi connectivity index (χ4n) is 0.823. The smallest absolute Gasteiger partial charge is 0.0674 e. The van der Waals surface area contributed by atoms with Crippen molar-refractivity contribution in [2.75, 3.05) is 0 Å². The molecule has 0 spiro atoms. The average Bonchev–Trinajstić information content (AvgIpc) is 1.88. The van der Waals surface area contributed by atoms with Gasteiger partial charge >= 0.3 is 0 Å². The van der Waals surface area contributed by atoms with E-state index in [1.54, 1.807) is 13.0 Å². The molecule has 0 aromatic rings. The predicted molar refractivity (Wildman–Crippen MR) is 38.2 cm³/mol. The standard InChI is InChI=1S/C8H14O2/c1-4-6(3)7(5-2)8(9)10/h5-6H,4H2,1-3H3,(H,9,10)/p-1/b7-5+. The molecule has 0 radical (unpaired) electrons. The van der Waals surface area contributed by atoms with Gasteiger partial charge in [-0.05, 0) is 24.8 Å². The number of aliphatic carboxylic acids is 1. The van der Waals surface area contributed by atoms with Crippen LogP contribution in [0.3, 0.4) is 0 Å². The summed E-state index contributed by atoms with van der Waals surface area (Å²) in [4.78, 5) is 10.4. The minimum absolute atomic E-state index is 0.106. The van der Waals surface area contributed by atoms with Crippen LogP contribution in [-0.2, 0) is 4.79 Å². The van der Waals surface area contributed by atoms with Crippen LogP contribution < -0.4 is 5.11 Å². The first kappa shape index (κ1) is 9.21. The third-order valence-electron chi connectivity index (χ3n) is 1.69. The quantitative estimate of drug-likeness (QED) is 0.543. The van der Waals surface area contributed by atoms with Gasteiger partial charge in [0.15, 0.2) is 0 Å². The summed E-state index contributed by atoms with van der Waals surface area (Å²) in [7, 11) is 0. The molecule has 0 saturated carbocycles. The van der Waals surface area contributed by atoms with Crippen LogP contribution in [0.1, 0.15) is 27.2 Å². The summed E-state index contributed by atoms with van der Waals surface area (Å²) in [5.74, 6) is -0.938. The van der Waals surface area contributed by atoms with Gasteiger partial charge < -0.3 is 9.90 Å². The third kappa shape index (κ3) is 2.21. The molecule has 0 rings (SSSR count). The molecule has 0 aliphatic heterocycles. The first-order valence-electron chi connectivity index (χ1n) is 3.51. The number of hydrogen-bond acceptors (Lipinski definition) is 2. The third-order valence-corrected chi connectivity index (χ3v) is 1.69. The molecule has 58 valence electrons. The van der Waals surface area contributed by atoms with E-state index in [0.717, 1.165) is 6.42 Å². The normalized spacial score (nSPS) is 14.9. The highest BCUT2D eigenvalue weighted by molar-refractivity contribution is 5.85. The van der Waals surface area contributed by atoms with Gasteiger partial charge in [-0.3, -0.25) is 0 Å². The van der Waals surface area contributed by atoms with Gasteiger partial charge in [-0.2, -0.15) is 0 Å². The van der Waals surface area contributed by atoms with Gasteiger partial charge in [-0.15, -0.1) is 0 Å². The van der Waals surface area contributed by atoms with Crippen molar-refractivity contribution < 1.29 is 9.90 Å². The lowest BCUT2D eigenvalue weighted by molar-refractivity contribution is -0.299. The molecule has 0 saturated heterocycles. The number of carbonyl (C=O) groups excluding carboxylic acids is 1. The van der Waals surface area contributed by atoms with E-state index in [0.29, 0.717) is 5.57 Å². The van der Waals surface area contributed by atoms with Gasteiger partial charge in [-0.1, -0.05) is 19.9 Å². The van der Waals surface area contributed by atoms with E-state index in [9.17, 15) is 9.90 Å². The fraction of sp³-hybridized carbons (Fsp3) is 0.625. The molecule has 0 heterocycles. The van der Waals surface area contributed by atoms with E-state index in [2.05, 4.69) is 0 Å². The summed E-state index contributed by atoms with van der Waals surface area (Å²) in [6, 6.07) is 0. The maximum atomic E-state index is 10.4. The highest BCUT2D eigenvalue weighted by atomic mass is 16.4. The largest absolute Gasteiger partial charge is 0.545 e. The topological polar surface area (TPSA) is 40.1 Å². The molecule has 10 heavy (non-hydrogen) atoms. The minimum atomic E-state index is -1.04. The highest BCUT2D eigenvalue weighted by Gasteiger charge is 2.04. The van der Waals surface area contributed by atoms with Gasteiger partial charge in [0, 0.05) is 0 Å². The van der Waals surface area contributed by atoms with Crippen LogP contribution in [0, 0.1) is 5.92 Å². The Morgan fingerprint density at radius 1 is 1.70 bits per heavy atom. The van der Waals surface area contributed by atoms with E-state index in [1.807, 2.05) is 13.8 Å². The summed E-state index contributed by atoms with van der Waals surface area (Å²) < 4.78 is 0. The van der Waals surface area contributed by atoms with Crippen LogP contribution in [0.5, 0.6) is 0 Å². The minimum Gasteiger partial charge on any atom is -0.545 e. The lowest BCUT2D eigenvalue weighted by Crippen LogP contribution is -2.27. The summed E-state index contributed by atoms with van der Waals surface area (Å²) in [6.45, 7) is 5.56. The molecule has 0 bridgehead atoms. The van der Waals surface area contributed by atoms with E-state index >= 15 is 0 Å². The Morgan fingerprint density at radius 2 is 2.20 bits per heavy atom. The highest BCUT2D eigenvalue weighted by Crippen LogP contribution is 2.12. The number of carboxylic acid groups (broad SMARTS) is 1. The van der Waals surface area contributed by atoms with Crippen LogP contribution in [0.15, 0.2) is 11.6 Å². The Bertz CT molecular complexity index is 147. The molecule has 0 aliphatic carbocycles. The van der Waals surface area contributed by atoms with Crippen molar-refractivity contribution in [2.45, 2.75) is 27.2 Å². The first-order valence-corrected chi connectivity index (χ1v) is 3.51. The number of carbonyl (C=O) groups is 1. The molecule has 2 nitrogen and oxygen atoms in total. The molecule has 0 aromatic heterocycles. The van der Waals surface area contributed by atoms with Crippen LogP contribution in [-0.4, -0.2) is 5.97 Å². The van der Waals surface area contributed by atoms with Crippen molar-refractivity contribution >= 4 is 5.97 Å². The second-order valence-electron chi connectivity index (χ2n) is 2.34. The Morgan fingerprint density at radius 3 is 2.30 bits per heavy atom. The Hall–Kier alpha value is -0.790. The molecular formula is C8H13O2-. The first-order chi connectivity index (χ1) is 4.63. The second-order valence-corrected chi connectivity index (χ2v) is 2.34. The van der Waals surface area contributed by atoms with Crippen LogP contribution in [0.25, 0.3) is 0 Å². The van der Waals surface area contributed by atoms with Crippen molar-refractivity contribution in [2.24, 2.45) is 5.92 Å². The molecule has 0 aliphatic rings. The molecule has 1 atom stereocenters. The van der Waals surface area contributed by atoms with Crippen molar-refractivity contribution in [3.8, 4) is 0 Å². The Labute approximate surface area is 61.6 Å². The summed E-state index contributed by atoms with van der Waals surface area (Å²) >= 11 is 0. The van der Waals surface area contributed by atoms with Gasteiger partial charge in [0.05, 0.1) is 5.97 Å². The fourth-order valence-corrected chi connectivity index (χ4v) is 0.823. The summed E-state index contributed by atoms with van der Waals surface area (Å²) in [6.07, 6.45) is 2.44. The number of allylic oxidation sites excluding steroid dienone is 1. The van der Waals surface area contributed by atoms with Gasteiger partial charge in [0.1, 0.15) is 0 Å². The molecule has 0 aromatic carbocycles. The lowest BCUT2D eigenvalue weighted by Gasteiger charge is -2.13. The second kappa shape index (κ2) is 4.09. The van der Waals surface area contributed by atoms with E-state index in [4.69, 9.17) is 0 Å². The lowest BCUT2D eigenvalue weighted by atomic mass is 9.99. The van der Waals surface area contributed by atoms with Gasteiger partial charge in [0.2, 0.25) is 0 Å². The number of rotatable bonds is 3. The Kier molecular flexibility index (Phi) is 3.77. The average molecular weight is 141 g/mol. The zero-order chi connectivity index (χ0) is 8.15. The number of hydrogen-bond donors (Lipinski definition) is 0. The van der Waals surface area contributed by atoms with Crippen LogP contribution >= 0.6 is 0 Å². The maximum absolute atomic E-state index is 10.4. The molecule has 0 N–H and O–H groups in total. The van der Waals surface area contributed by atoms with Crippen LogP contribution in [0.2, 0.25) is 0 Å². The molecule has 2 heteroatoms. The zero-order valence-electron chi connectivity index (χ0n) is 6.68. The molecular weight excluding hydrogens is 128 g/mol. The van der Waals surface area contributed by atoms with E-state index in [1.165, 1.54) is 0 Å². The van der Waals surface area contributed by atoms with Crippen molar-refractivity contribution in [1.82, 2.24) is 0 Å². The maximum Gasteiger partial charge on any atom is 0.0674 e. The van der Waals surface area contributed by atoms with Gasteiger partial charge in [-0.25, -0.2) is 0 Å². The predicted octanol–water partition coefficient (Wildman–Crippen LogP) is 0.729. The SMILES string of the molecule is C/C=C(/C(=O)[O-])C(C)CC. The summed E-state index contributed by atoms with van der Waals surface area (Å²) in [5.41, 5.74) is 0.405. The van der Waals surface area contributed by atoms with Gasteiger partial charge in [0.25, 0.3) is 0 Å². The summed E-state index contributed by atoms with van der Waals surface area (Å²) in [5, 5.41) is 10.4. The zero-order valence-corrected chi connectivity index (χ0v) is 6.68. The van der Waals surface area contributed by atoms with E-state index < -0.39 is 5.97 Å². The van der Waals surface area contributed by atoms with Crippen molar-refractivity contribution in [1.29, 1.82) is 0 Å². The van der Waals surface area contributed by atoms with Crippen molar-refractivity contribution in [3.05, 3.63) is 11.6 Å². The van der Waals surface area contributed by atoms with E-state index in [-0.39, 0.29) is 5.92 Å². The van der Waals surface area contributed by atoms with Crippen molar-refractivity contribution in [3.63, 3.8) is 0 Å². The monoisotopic (exact) mass is 141 g/mol. The Balaban J connectivity index is 4.23. The molecule has 0 amide bonds. The van der Waals surface area contributed by atoms with Crippen LogP contribution in [0.4, 0.5) is 0 Å². The molecule has 1 unspecified atom stereocenters. The molecule has 0 fully saturated rings. The number of carboxylic acids is 1.